The van der Waals surface area contributed by atoms with E-state index >= 15 is 0 Å². The van der Waals surface area contributed by atoms with Gasteiger partial charge in [-0.25, -0.2) is 0 Å². The smallest absolute Gasteiger partial charge is 0.306 e. The number of esters is 2. The Labute approximate surface area is 284 Å². The standard InChI is InChI=1S/C41H72O5/c1-4-7-10-13-16-19-20-21-22-24-25-28-31-34-40(42)45-38-39(37-44-36-33-30-27-18-15-12-9-6-3)46-41(43)35-32-29-26-23-17-14-11-8-5-2/h7,10,16,19,21-22,25,28,39H,4-6,8-9,11-15,17-18,20,23-24,26-27,29-38H2,1-3H3/b10-7-,19-16-,22-21-,28-25-. The van der Waals surface area contributed by atoms with Crippen LogP contribution in [0.2, 0.25) is 0 Å². The number of unbranched alkanes of at least 4 members (excludes halogenated alkanes) is 15. The lowest BCUT2D eigenvalue weighted by Gasteiger charge is -2.18. The second-order valence-corrected chi connectivity index (χ2v) is 12.5. The maximum atomic E-state index is 12.6. The molecule has 5 nitrogen and oxygen atoms in total. The number of rotatable bonds is 34. The Hall–Kier alpha value is -2.14. The van der Waals surface area contributed by atoms with E-state index < -0.39 is 6.10 Å². The van der Waals surface area contributed by atoms with Gasteiger partial charge in [-0.1, -0.05) is 166 Å². The van der Waals surface area contributed by atoms with Gasteiger partial charge in [-0.2, -0.15) is 0 Å². The highest BCUT2D eigenvalue weighted by Gasteiger charge is 2.17. The summed E-state index contributed by atoms with van der Waals surface area (Å²) in [5.74, 6) is -0.495. The summed E-state index contributed by atoms with van der Waals surface area (Å²) in [6.07, 6.45) is 42.6. The summed E-state index contributed by atoms with van der Waals surface area (Å²) in [6.45, 7) is 7.58. The van der Waals surface area contributed by atoms with E-state index in [0.29, 0.717) is 25.9 Å². The zero-order chi connectivity index (χ0) is 33.6. The fourth-order valence-corrected chi connectivity index (χ4v) is 5.05. The third-order valence-electron chi connectivity index (χ3n) is 7.89. The molecule has 0 amide bonds. The number of hydrogen-bond donors (Lipinski definition) is 0. The molecule has 0 radical (unpaired) electrons. The summed E-state index contributed by atoms with van der Waals surface area (Å²) >= 11 is 0. The summed E-state index contributed by atoms with van der Waals surface area (Å²) in [6, 6.07) is 0. The summed E-state index contributed by atoms with van der Waals surface area (Å²) in [7, 11) is 0. The van der Waals surface area contributed by atoms with E-state index in [4.69, 9.17) is 14.2 Å². The van der Waals surface area contributed by atoms with Crippen molar-refractivity contribution in [2.75, 3.05) is 19.8 Å². The van der Waals surface area contributed by atoms with Crippen molar-refractivity contribution in [3.05, 3.63) is 48.6 Å². The van der Waals surface area contributed by atoms with Crippen molar-refractivity contribution < 1.29 is 23.8 Å². The molecule has 0 aliphatic rings. The number of ether oxygens (including phenoxy) is 3. The molecule has 266 valence electrons. The van der Waals surface area contributed by atoms with Crippen molar-refractivity contribution in [1.29, 1.82) is 0 Å². The summed E-state index contributed by atoms with van der Waals surface area (Å²) in [4.78, 5) is 24.9. The van der Waals surface area contributed by atoms with Crippen molar-refractivity contribution in [2.45, 2.75) is 181 Å². The molecule has 0 aromatic heterocycles. The Morgan fingerprint density at radius 1 is 0.500 bits per heavy atom. The van der Waals surface area contributed by atoms with Crippen molar-refractivity contribution in [3.8, 4) is 0 Å². The molecule has 0 aromatic rings. The topological polar surface area (TPSA) is 61.8 Å². The minimum Gasteiger partial charge on any atom is -0.462 e. The summed E-state index contributed by atoms with van der Waals surface area (Å²) < 4.78 is 17.1. The van der Waals surface area contributed by atoms with Crippen molar-refractivity contribution >= 4 is 11.9 Å². The SMILES string of the molecule is CC/C=C\C/C=C\C/C=C\C/C=C\CCC(=O)OCC(COCCCCCCCCCC)OC(=O)CCCCCCCCCCC. The number of carbonyl (C=O) groups is 2. The second kappa shape index (κ2) is 37.3. The number of hydrogen-bond acceptors (Lipinski definition) is 5. The van der Waals surface area contributed by atoms with Gasteiger partial charge in [-0.3, -0.25) is 9.59 Å². The van der Waals surface area contributed by atoms with Crippen molar-refractivity contribution in [3.63, 3.8) is 0 Å². The molecule has 0 saturated heterocycles. The van der Waals surface area contributed by atoms with Crippen LogP contribution in [-0.2, 0) is 23.8 Å². The summed E-state index contributed by atoms with van der Waals surface area (Å²) in [5, 5.41) is 0. The first kappa shape index (κ1) is 43.9. The maximum absolute atomic E-state index is 12.6. The van der Waals surface area contributed by atoms with E-state index in [1.54, 1.807) is 0 Å². The molecule has 0 saturated carbocycles. The lowest BCUT2D eigenvalue weighted by Crippen LogP contribution is -2.30. The first-order valence-corrected chi connectivity index (χ1v) is 19.2. The van der Waals surface area contributed by atoms with Gasteiger partial charge in [0.15, 0.2) is 6.10 Å². The first-order valence-electron chi connectivity index (χ1n) is 19.2. The van der Waals surface area contributed by atoms with Gasteiger partial charge < -0.3 is 14.2 Å². The van der Waals surface area contributed by atoms with Crippen LogP contribution in [0.5, 0.6) is 0 Å². The zero-order valence-electron chi connectivity index (χ0n) is 30.3. The average Bonchev–Trinajstić information content (AvgIpc) is 3.05. The molecule has 1 unspecified atom stereocenters. The van der Waals surface area contributed by atoms with E-state index in [2.05, 4.69) is 63.3 Å². The van der Waals surface area contributed by atoms with Crippen LogP contribution in [0.4, 0.5) is 0 Å². The van der Waals surface area contributed by atoms with E-state index in [9.17, 15) is 9.59 Å². The third kappa shape index (κ3) is 34.7. The molecule has 0 spiro atoms. The van der Waals surface area contributed by atoms with Crippen LogP contribution in [0.15, 0.2) is 48.6 Å². The van der Waals surface area contributed by atoms with E-state index in [0.717, 1.165) is 51.4 Å². The van der Waals surface area contributed by atoms with Crippen LogP contribution in [0.3, 0.4) is 0 Å². The zero-order valence-corrected chi connectivity index (χ0v) is 30.3. The predicted molar refractivity (Wildman–Crippen MR) is 196 cm³/mol. The molecule has 1 atom stereocenters. The quantitative estimate of drug-likeness (QED) is 0.0396. The van der Waals surface area contributed by atoms with Crippen LogP contribution < -0.4 is 0 Å². The Morgan fingerprint density at radius 3 is 1.52 bits per heavy atom. The van der Waals surface area contributed by atoms with Gasteiger partial charge >= 0.3 is 11.9 Å². The van der Waals surface area contributed by atoms with Crippen molar-refractivity contribution in [2.24, 2.45) is 0 Å². The normalized spacial score (nSPS) is 12.7. The first-order chi connectivity index (χ1) is 22.6. The molecule has 0 aliphatic carbocycles. The molecule has 0 N–H and O–H groups in total. The molecule has 5 heteroatoms. The van der Waals surface area contributed by atoms with Crippen molar-refractivity contribution in [1.82, 2.24) is 0 Å². The lowest BCUT2D eigenvalue weighted by molar-refractivity contribution is -0.162. The monoisotopic (exact) mass is 645 g/mol. The molecular weight excluding hydrogens is 572 g/mol. The Morgan fingerprint density at radius 2 is 0.978 bits per heavy atom. The molecule has 0 heterocycles. The fourth-order valence-electron chi connectivity index (χ4n) is 5.05. The third-order valence-corrected chi connectivity index (χ3v) is 7.89. The van der Waals surface area contributed by atoms with Gasteiger partial charge in [0.2, 0.25) is 0 Å². The van der Waals surface area contributed by atoms with Crippen LogP contribution in [0.25, 0.3) is 0 Å². The molecular formula is C41H72O5. The van der Waals surface area contributed by atoms with E-state index in [1.807, 2.05) is 6.08 Å². The highest BCUT2D eigenvalue weighted by molar-refractivity contribution is 5.70. The Balaban J connectivity index is 4.33. The highest BCUT2D eigenvalue weighted by Crippen LogP contribution is 2.12. The molecule has 0 rings (SSSR count). The lowest BCUT2D eigenvalue weighted by atomic mass is 10.1. The average molecular weight is 645 g/mol. The minimum absolute atomic E-state index is 0.0496. The Kier molecular flexibility index (Phi) is 35.6. The van der Waals surface area contributed by atoms with Crippen LogP contribution in [-0.4, -0.2) is 37.9 Å². The summed E-state index contributed by atoms with van der Waals surface area (Å²) in [5.41, 5.74) is 0. The largest absolute Gasteiger partial charge is 0.462 e. The number of allylic oxidation sites excluding steroid dienone is 8. The van der Waals surface area contributed by atoms with Gasteiger partial charge in [0.25, 0.3) is 0 Å². The molecule has 0 aliphatic heterocycles. The highest BCUT2D eigenvalue weighted by atomic mass is 16.6. The molecule has 46 heavy (non-hydrogen) atoms. The van der Waals surface area contributed by atoms with Gasteiger partial charge in [-0.05, 0) is 44.9 Å². The van der Waals surface area contributed by atoms with E-state index in [-0.39, 0.29) is 25.2 Å². The van der Waals surface area contributed by atoms with Gasteiger partial charge in [0.05, 0.1) is 6.61 Å². The van der Waals surface area contributed by atoms with E-state index in [1.165, 1.54) is 83.5 Å². The number of carbonyl (C=O) groups excluding carboxylic acids is 2. The van der Waals surface area contributed by atoms with Crippen LogP contribution in [0.1, 0.15) is 175 Å². The molecule has 0 aromatic carbocycles. The minimum atomic E-state index is -0.554. The second-order valence-electron chi connectivity index (χ2n) is 12.5. The van der Waals surface area contributed by atoms with Crippen LogP contribution >= 0.6 is 0 Å². The molecule has 0 bridgehead atoms. The maximum Gasteiger partial charge on any atom is 0.306 e. The Bertz CT molecular complexity index is 782. The predicted octanol–water partition coefficient (Wildman–Crippen LogP) is 12.1. The van der Waals surface area contributed by atoms with Gasteiger partial charge in [0.1, 0.15) is 6.61 Å². The van der Waals surface area contributed by atoms with Gasteiger partial charge in [0, 0.05) is 19.4 Å². The fraction of sp³-hybridized carbons (Fsp3) is 0.756. The van der Waals surface area contributed by atoms with Crippen LogP contribution in [0, 0.1) is 0 Å². The van der Waals surface area contributed by atoms with Gasteiger partial charge in [-0.15, -0.1) is 0 Å². The molecule has 0 fully saturated rings.